The average Bonchev–Trinajstić information content (AvgIpc) is 0.811. The van der Waals surface area contributed by atoms with Crippen molar-refractivity contribution in [3.63, 3.8) is 0 Å². The molecule has 0 aliphatic rings. The Balaban J connectivity index is 0. The predicted octanol–water partition coefficient (Wildman–Crippen LogP) is 1.37. The average molecular weight is 242 g/mol. The summed E-state index contributed by atoms with van der Waals surface area (Å²) in [6.07, 6.45) is 0. The summed E-state index contributed by atoms with van der Waals surface area (Å²) in [5.74, 6) is 0. The van der Waals surface area contributed by atoms with Crippen LogP contribution >= 0.6 is 0 Å². The largest absolute Gasteiger partial charge is 0.0715 e. The summed E-state index contributed by atoms with van der Waals surface area (Å²) in [4.78, 5) is 0. The topological polar surface area (TPSA) is 0 Å². The van der Waals surface area contributed by atoms with Crippen LogP contribution in [0.3, 0.4) is 0 Å². The van der Waals surface area contributed by atoms with Crippen molar-refractivity contribution in [3.05, 3.63) is 0 Å². The molecule has 0 amide bonds. The fraction of sp³-hybridized carbons (Fsp3) is 1.00. The van der Waals surface area contributed by atoms with Crippen molar-refractivity contribution < 1.29 is 36.9 Å². The van der Waals surface area contributed by atoms with E-state index in [0.717, 1.165) is 0 Å². The van der Waals surface area contributed by atoms with E-state index in [1.165, 1.54) is 0 Å². The van der Waals surface area contributed by atoms with Gasteiger partial charge in [0.25, 0.3) is 0 Å². The zero-order chi connectivity index (χ0) is 3.58. The summed E-state index contributed by atoms with van der Waals surface area (Å²) in [5, 5.41) is 0. The van der Waals surface area contributed by atoms with Crippen LogP contribution in [0.5, 0.6) is 0 Å². The van der Waals surface area contributed by atoms with Crippen LogP contribution in [0.4, 0.5) is 0 Å². The third-order valence-electron chi connectivity index (χ3n) is 0. The van der Waals surface area contributed by atoms with Crippen molar-refractivity contribution >= 4 is 8.80 Å². The van der Waals surface area contributed by atoms with E-state index in [4.69, 9.17) is 0 Å². The van der Waals surface area contributed by atoms with Gasteiger partial charge in [0.1, 0.15) is 0 Å². The van der Waals surface area contributed by atoms with Gasteiger partial charge >= 0.3 is 0 Å². The molecule has 0 saturated carbocycles. The maximum absolute atomic E-state index is 2.27. The summed E-state index contributed by atoms with van der Waals surface area (Å²) in [5.41, 5.74) is 0. The van der Waals surface area contributed by atoms with E-state index in [0.29, 0.717) is 0 Å². The van der Waals surface area contributed by atoms with E-state index < -0.39 is 0 Å². The van der Waals surface area contributed by atoms with Crippen molar-refractivity contribution in [1.29, 1.82) is 0 Å². The molecule has 0 aromatic heterocycles. The summed E-state index contributed by atoms with van der Waals surface area (Å²) in [6.45, 7) is 6.81. The zero-order valence-corrected chi connectivity index (χ0v) is 6.56. The van der Waals surface area contributed by atoms with Crippen molar-refractivity contribution in [2.45, 2.75) is 19.6 Å². The molecule has 5 heavy (non-hydrogen) atoms. The molecule has 0 fully saturated rings. The Morgan fingerprint density at radius 2 is 1.00 bits per heavy atom. The van der Waals surface area contributed by atoms with Crippen molar-refractivity contribution in [3.8, 4) is 0 Å². The Morgan fingerprint density at radius 3 is 1.00 bits per heavy atom. The van der Waals surface area contributed by atoms with Crippen LogP contribution in [0.15, 0.2) is 0 Å². The molecule has 0 aliphatic heterocycles. The van der Waals surface area contributed by atoms with Crippen LogP contribution in [-0.4, -0.2) is 8.80 Å². The molecule has 0 heterocycles. The van der Waals surface area contributed by atoms with Crippen molar-refractivity contribution in [1.82, 2.24) is 0 Å². The van der Waals surface area contributed by atoms with Crippen molar-refractivity contribution in [2.24, 2.45) is 0 Å². The Labute approximate surface area is 64.8 Å². The van der Waals surface area contributed by atoms with Gasteiger partial charge in [-0.3, -0.25) is 0 Å². The smallest absolute Gasteiger partial charge is 0.0379 e. The fourth-order valence-corrected chi connectivity index (χ4v) is 0. The third-order valence-corrected chi connectivity index (χ3v) is 0. The second-order valence-electron chi connectivity index (χ2n) is 1.50. The summed E-state index contributed by atoms with van der Waals surface area (Å²) < 4.78 is 0. The molecule has 0 aromatic carbocycles. The van der Waals surface area contributed by atoms with E-state index in [1.54, 1.807) is 0 Å². The molecule has 0 aromatic rings. The molecule has 0 unspecified atom stereocenters. The minimum absolute atomic E-state index is 0. The number of rotatable bonds is 0. The molecule has 0 aliphatic carbocycles. The molecular formula is C3H9SiTm. The molecule has 0 spiro atoms. The number of hydrogen-bond donors (Lipinski definition) is 0. The van der Waals surface area contributed by atoms with Crippen LogP contribution in [0.2, 0.25) is 19.6 Å². The van der Waals surface area contributed by atoms with Gasteiger partial charge in [0, 0.05) is 45.7 Å². The zero-order valence-electron chi connectivity index (χ0n) is 3.78. The molecule has 0 bridgehead atoms. The molecule has 38 valence electrons. The van der Waals surface area contributed by atoms with Crippen LogP contribution in [0.25, 0.3) is 0 Å². The molecule has 2 radical (unpaired) electrons. The Kier molecular flexibility index (Phi) is 10.5. The first-order chi connectivity index (χ1) is 1.73. The van der Waals surface area contributed by atoms with E-state index in [1.807, 2.05) is 0 Å². The summed E-state index contributed by atoms with van der Waals surface area (Å²) >= 11 is 0. The fourth-order valence-electron chi connectivity index (χ4n) is 0. The molecule has 0 saturated heterocycles. The third kappa shape index (κ3) is 30.8. The Bertz CT molecular complexity index is 11.6. The Hall–Kier alpha value is 1.45. The van der Waals surface area contributed by atoms with Gasteiger partial charge in [-0.15, -0.1) is 0 Å². The number of hydrogen-bond acceptors (Lipinski definition) is 0. The second-order valence-corrected chi connectivity index (χ2v) is 4.50. The van der Waals surface area contributed by atoms with Gasteiger partial charge < -0.3 is 0 Å². The minimum Gasteiger partial charge on any atom is -0.0715 e. The maximum Gasteiger partial charge on any atom is 0.0379 e. The van der Waals surface area contributed by atoms with Gasteiger partial charge in [-0.2, -0.15) is 0 Å². The van der Waals surface area contributed by atoms with E-state index in [-0.39, 0.29) is 45.7 Å². The van der Waals surface area contributed by atoms with Gasteiger partial charge in [0.15, 0.2) is 0 Å². The van der Waals surface area contributed by atoms with Gasteiger partial charge in [-0.05, 0) is 0 Å². The molecule has 0 atom stereocenters. The van der Waals surface area contributed by atoms with Crippen LogP contribution in [0, 0.1) is 36.9 Å². The van der Waals surface area contributed by atoms with Gasteiger partial charge in [-0.25, -0.2) is 0 Å². The first kappa shape index (κ1) is 9.68. The summed E-state index contributed by atoms with van der Waals surface area (Å²) in [7, 11) is 0.120. The van der Waals surface area contributed by atoms with E-state index in [2.05, 4.69) is 19.6 Å². The maximum atomic E-state index is 2.27. The van der Waals surface area contributed by atoms with Crippen LogP contribution in [0.1, 0.15) is 0 Å². The van der Waals surface area contributed by atoms with Gasteiger partial charge in [-0.1, -0.05) is 19.6 Å². The standard InChI is InChI=1S/C3H9Si.Tm/c1-4(2)3;/h1-3H3;. The molecule has 0 N–H and O–H groups in total. The minimum atomic E-state index is 0. The van der Waals surface area contributed by atoms with E-state index in [9.17, 15) is 0 Å². The first-order valence-corrected chi connectivity index (χ1v) is 4.50. The van der Waals surface area contributed by atoms with Crippen LogP contribution in [-0.2, 0) is 0 Å². The Morgan fingerprint density at radius 1 is 1.00 bits per heavy atom. The SMILES string of the molecule is C[Si](C)C.[Tm]. The first-order valence-electron chi connectivity index (χ1n) is 1.50. The molecular weight excluding hydrogens is 233 g/mol. The second kappa shape index (κ2) is 5.45. The van der Waals surface area contributed by atoms with Crippen molar-refractivity contribution in [2.75, 3.05) is 0 Å². The molecule has 2 heteroatoms. The summed E-state index contributed by atoms with van der Waals surface area (Å²) in [6, 6.07) is 0. The van der Waals surface area contributed by atoms with Gasteiger partial charge in [0.05, 0.1) is 0 Å². The molecule has 0 nitrogen and oxygen atoms in total. The van der Waals surface area contributed by atoms with Gasteiger partial charge in [0.2, 0.25) is 0 Å². The normalized spacial score (nSPS) is 7.20. The van der Waals surface area contributed by atoms with E-state index >= 15 is 0 Å². The quantitative estimate of drug-likeness (QED) is 0.563. The van der Waals surface area contributed by atoms with Crippen LogP contribution < -0.4 is 0 Å². The monoisotopic (exact) mass is 242 g/mol. The molecule has 0 rings (SSSR count). The predicted molar refractivity (Wildman–Crippen MR) is 23.3 cm³/mol.